The summed E-state index contributed by atoms with van der Waals surface area (Å²) in [5.41, 5.74) is 5.81. The third-order valence-electron chi connectivity index (χ3n) is 9.64. The molecule has 4 rings (SSSR count). The summed E-state index contributed by atoms with van der Waals surface area (Å²) in [5.74, 6) is 0.423. The Morgan fingerprint density at radius 3 is 1.33 bits per heavy atom. The minimum Gasteiger partial charge on any atom is -0.550 e. The normalized spacial score (nSPS) is 16.2. The van der Waals surface area contributed by atoms with Gasteiger partial charge in [0.2, 0.25) is 0 Å². The monoisotopic (exact) mass is 626 g/mol. The summed E-state index contributed by atoms with van der Waals surface area (Å²) in [7, 11) is 1.46. The van der Waals surface area contributed by atoms with Crippen LogP contribution in [0.15, 0.2) is 48.5 Å². The number of ether oxygens (including phenoxy) is 1. The van der Waals surface area contributed by atoms with Crippen molar-refractivity contribution in [3.63, 3.8) is 0 Å². The number of carbonyl (C=O) groups is 2. The average molecular weight is 627 g/mol. The maximum Gasteiger partial charge on any atom is 1.00 e. The van der Waals surface area contributed by atoms with Gasteiger partial charge in [-0.15, -0.1) is 0 Å². The third kappa shape index (κ3) is 13.4. The van der Waals surface area contributed by atoms with E-state index in [1.165, 1.54) is 42.5 Å². The van der Waals surface area contributed by atoms with Crippen LogP contribution in [0.3, 0.4) is 0 Å². The van der Waals surface area contributed by atoms with Crippen molar-refractivity contribution in [1.29, 1.82) is 0 Å². The van der Waals surface area contributed by atoms with Gasteiger partial charge in [0.15, 0.2) is 0 Å². The average Bonchev–Trinajstić information content (AvgIpc) is 3.01. The summed E-state index contributed by atoms with van der Waals surface area (Å²) >= 11 is 0. The van der Waals surface area contributed by atoms with E-state index in [0.29, 0.717) is 12.3 Å². The summed E-state index contributed by atoms with van der Waals surface area (Å²) in [6, 6.07) is 18.0. The molecule has 6 nitrogen and oxygen atoms in total. The van der Waals surface area contributed by atoms with Gasteiger partial charge in [-0.25, -0.2) is 0 Å². The zero-order valence-corrected chi connectivity index (χ0v) is 30.2. The number of esters is 1. The van der Waals surface area contributed by atoms with E-state index in [0.717, 1.165) is 70.6 Å². The molecule has 0 atom stereocenters. The van der Waals surface area contributed by atoms with Crippen molar-refractivity contribution >= 4 is 23.3 Å². The summed E-state index contributed by atoms with van der Waals surface area (Å²) < 4.78 is 4.70. The fourth-order valence-corrected chi connectivity index (χ4v) is 6.48. The minimum absolute atomic E-state index is 0. The molecule has 2 fully saturated rings. The van der Waals surface area contributed by atoms with Gasteiger partial charge in [0.25, 0.3) is 0 Å². The molecule has 0 N–H and O–H groups in total. The molecule has 0 bridgehead atoms. The standard InChI is InChI=1S/C20H31NO2.C19H29NO2.Li/c1-20(2,3)17-8-10-18(11-9-17)21-14-12-16(13-15-21)6-5-7-19(22)23-4;1-19(2,3)16-7-9-17(10-8-16)20-13-11-15(12-14-20)5-4-6-18(21)22;/h8-11,16H,5-7,12-15H2,1-4H3;7-10,15H,4-6,11-14H2,1-3H3,(H,21,22);/q;;+1/p-1. The first kappa shape index (κ1) is 39.8. The molecule has 2 aromatic rings. The van der Waals surface area contributed by atoms with E-state index >= 15 is 0 Å². The van der Waals surface area contributed by atoms with Crippen LogP contribution in [0.2, 0.25) is 0 Å². The Kier molecular flexibility index (Phi) is 16.2. The number of carboxylic acids is 1. The predicted octanol–water partition coefficient (Wildman–Crippen LogP) is 4.67. The molecule has 0 spiro atoms. The number of anilines is 2. The fraction of sp³-hybridized carbons (Fsp3) is 0.641. The number of hydrogen-bond acceptors (Lipinski definition) is 6. The fourth-order valence-electron chi connectivity index (χ4n) is 6.48. The van der Waals surface area contributed by atoms with Crippen LogP contribution >= 0.6 is 0 Å². The van der Waals surface area contributed by atoms with E-state index in [9.17, 15) is 14.7 Å². The van der Waals surface area contributed by atoms with Crippen molar-refractivity contribution in [1.82, 2.24) is 0 Å². The molecule has 46 heavy (non-hydrogen) atoms. The summed E-state index contributed by atoms with van der Waals surface area (Å²) in [4.78, 5) is 26.6. The molecule has 0 amide bonds. The molecule has 2 saturated heterocycles. The second-order valence-corrected chi connectivity index (χ2v) is 15.2. The molecule has 2 aliphatic rings. The molecule has 0 saturated carbocycles. The Morgan fingerprint density at radius 2 is 1.02 bits per heavy atom. The van der Waals surface area contributed by atoms with E-state index < -0.39 is 5.97 Å². The van der Waals surface area contributed by atoms with Crippen molar-refractivity contribution < 1.29 is 38.3 Å². The van der Waals surface area contributed by atoms with Gasteiger partial charge in [-0.3, -0.25) is 4.79 Å². The van der Waals surface area contributed by atoms with Crippen LogP contribution in [0.4, 0.5) is 11.4 Å². The zero-order valence-electron chi connectivity index (χ0n) is 30.2. The van der Waals surface area contributed by atoms with E-state index in [4.69, 9.17) is 4.74 Å². The Bertz CT molecular complexity index is 1170. The topological polar surface area (TPSA) is 72.9 Å². The Balaban J connectivity index is 0.000000314. The molecule has 0 aliphatic carbocycles. The van der Waals surface area contributed by atoms with Crippen molar-refractivity contribution in [2.45, 2.75) is 117 Å². The van der Waals surface area contributed by atoms with Gasteiger partial charge in [0.05, 0.1) is 7.11 Å². The third-order valence-corrected chi connectivity index (χ3v) is 9.64. The maximum atomic E-state index is 11.2. The molecule has 2 heterocycles. The molecule has 250 valence electrons. The number of benzene rings is 2. The number of carboxylic acid groups (broad SMARTS) is 1. The van der Waals surface area contributed by atoms with Crippen molar-refractivity contribution in [2.24, 2.45) is 11.8 Å². The SMILES string of the molecule is CC(C)(C)c1ccc(N2CCC(CCCC(=O)[O-])CC2)cc1.COC(=O)CCCC1CCN(c2ccc(C(C)(C)C)cc2)CC1.[Li+]. The quantitative estimate of drug-likeness (QED) is 0.282. The number of carbonyl (C=O) groups excluding carboxylic acids is 2. The van der Waals surface area contributed by atoms with E-state index in [-0.39, 0.29) is 42.1 Å². The summed E-state index contributed by atoms with van der Waals surface area (Å²) in [5, 5.41) is 10.5. The zero-order chi connectivity index (χ0) is 33.0. The van der Waals surface area contributed by atoms with Gasteiger partial charge in [0, 0.05) is 49.9 Å². The first-order chi connectivity index (χ1) is 21.3. The second kappa shape index (κ2) is 18.8. The van der Waals surface area contributed by atoms with Crippen LogP contribution in [0.25, 0.3) is 0 Å². The summed E-state index contributed by atoms with van der Waals surface area (Å²) in [6.45, 7) is 17.9. The molecular weight excluding hydrogens is 567 g/mol. The number of aliphatic carboxylic acids is 1. The molecule has 2 aliphatic heterocycles. The van der Waals surface area contributed by atoms with Crippen LogP contribution in [0.5, 0.6) is 0 Å². The van der Waals surface area contributed by atoms with Crippen molar-refractivity contribution in [3.8, 4) is 0 Å². The number of methoxy groups -OCH3 is 1. The van der Waals surface area contributed by atoms with Gasteiger partial charge < -0.3 is 24.4 Å². The van der Waals surface area contributed by atoms with Crippen LogP contribution in [0, 0.1) is 11.8 Å². The number of rotatable bonds is 10. The smallest absolute Gasteiger partial charge is 0.550 e. The molecule has 0 aromatic heterocycles. The number of piperidine rings is 2. The second-order valence-electron chi connectivity index (χ2n) is 15.2. The van der Waals surface area contributed by atoms with Gasteiger partial charge in [0.1, 0.15) is 0 Å². The molecule has 0 unspecified atom stereocenters. The molecule has 2 aromatic carbocycles. The first-order valence-electron chi connectivity index (χ1n) is 17.2. The van der Waals surface area contributed by atoms with Gasteiger partial charge in [-0.2, -0.15) is 0 Å². The van der Waals surface area contributed by atoms with Crippen LogP contribution in [-0.2, 0) is 25.2 Å². The Morgan fingerprint density at radius 1 is 0.674 bits per heavy atom. The van der Waals surface area contributed by atoms with Crippen LogP contribution in [0.1, 0.15) is 117 Å². The number of nitrogens with zero attached hydrogens (tertiary/aromatic N) is 2. The van der Waals surface area contributed by atoms with Crippen molar-refractivity contribution in [2.75, 3.05) is 43.1 Å². The maximum absolute atomic E-state index is 11.2. The van der Waals surface area contributed by atoms with E-state index in [1.54, 1.807) is 0 Å². The largest absolute Gasteiger partial charge is 1.00 e. The van der Waals surface area contributed by atoms with Gasteiger partial charge >= 0.3 is 24.8 Å². The van der Waals surface area contributed by atoms with Crippen LogP contribution < -0.4 is 33.8 Å². The molecular formula is C39H59LiN2O4. The predicted molar refractivity (Wildman–Crippen MR) is 185 cm³/mol. The van der Waals surface area contributed by atoms with Gasteiger partial charge in [-0.05, 0) is 116 Å². The molecule has 7 heteroatoms. The minimum atomic E-state index is -0.920. The summed E-state index contributed by atoms with van der Waals surface area (Å²) in [6.07, 6.45) is 9.41. The van der Waals surface area contributed by atoms with E-state index in [1.807, 2.05) is 0 Å². The van der Waals surface area contributed by atoms with Crippen molar-refractivity contribution in [3.05, 3.63) is 59.7 Å². The Hall–Kier alpha value is -2.42. The van der Waals surface area contributed by atoms with E-state index in [2.05, 4.69) is 99.9 Å². The Labute approximate surface area is 291 Å². The first-order valence-corrected chi connectivity index (χ1v) is 17.2. The number of hydrogen-bond donors (Lipinski definition) is 0. The molecule has 0 radical (unpaired) electrons. The van der Waals surface area contributed by atoms with Crippen LogP contribution in [-0.4, -0.2) is 45.2 Å². The van der Waals surface area contributed by atoms with Gasteiger partial charge in [-0.1, -0.05) is 65.8 Å².